The molecule has 0 fully saturated rings. The summed E-state index contributed by atoms with van der Waals surface area (Å²) in [5, 5.41) is 23.2. The smallest absolute Gasteiger partial charge is 0.220 e. The van der Waals surface area contributed by atoms with Crippen LogP contribution in [-0.2, 0) is 4.79 Å². The lowest BCUT2D eigenvalue weighted by Gasteiger charge is -2.19. The first-order chi connectivity index (χ1) is 37.7. The Labute approximate surface area is 473 Å². The van der Waals surface area contributed by atoms with E-state index in [9.17, 15) is 15.0 Å². The van der Waals surface area contributed by atoms with Crippen molar-refractivity contribution in [2.75, 3.05) is 6.61 Å². The number of aliphatic hydroxyl groups excluding tert-OH is 2. The molecule has 0 aliphatic heterocycles. The zero-order valence-electron chi connectivity index (χ0n) is 50.2. The number of carbonyl (C=O) groups excluding carboxylic acids is 1. The first-order valence-electron chi connectivity index (χ1n) is 32.7. The van der Waals surface area contributed by atoms with Gasteiger partial charge >= 0.3 is 0 Å². The maximum Gasteiger partial charge on any atom is 0.220 e. The minimum atomic E-state index is -0.878. The summed E-state index contributed by atoms with van der Waals surface area (Å²) in [4.78, 5) is 12.5. The number of hydrogen-bond donors (Lipinski definition) is 3. The van der Waals surface area contributed by atoms with Crippen molar-refractivity contribution >= 4 is 5.91 Å². The molecule has 0 aliphatic carbocycles. The Balaban J connectivity index is 3.56. The van der Waals surface area contributed by atoms with Crippen molar-refractivity contribution in [3.05, 3.63) is 122 Å². The molecule has 0 heterocycles. The van der Waals surface area contributed by atoms with Crippen LogP contribution in [0, 0.1) is 0 Å². The van der Waals surface area contributed by atoms with Crippen LogP contribution in [0.15, 0.2) is 122 Å². The van der Waals surface area contributed by atoms with Crippen LogP contribution < -0.4 is 5.32 Å². The SMILES string of the molecule is CC/C=C\C/C=C\C/C=C\C/C=C\C/C=C\C/C=C\C/C=C\CCCCCCCCCCCCCCCCCC(=O)NC(CO)C(O)/C=C/CC/C=C/CC/C=C/CCCCCCCCCCCCCCCCCCC. The molecular weight excluding hydrogens is 927 g/mol. The highest BCUT2D eigenvalue weighted by Crippen LogP contribution is 2.17. The second kappa shape index (κ2) is 66.1. The average Bonchev–Trinajstić information content (AvgIpc) is 3.42. The van der Waals surface area contributed by atoms with Gasteiger partial charge in [-0.05, 0) is 103 Å². The Morgan fingerprint density at radius 1 is 0.329 bits per heavy atom. The summed E-state index contributed by atoms with van der Waals surface area (Å²) in [6, 6.07) is -0.654. The van der Waals surface area contributed by atoms with E-state index in [-0.39, 0.29) is 12.5 Å². The van der Waals surface area contributed by atoms with Gasteiger partial charge < -0.3 is 15.5 Å². The predicted molar refractivity (Wildman–Crippen MR) is 340 cm³/mol. The third kappa shape index (κ3) is 61.6. The molecule has 4 nitrogen and oxygen atoms in total. The third-order valence-corrected chi connectivity index (χ3v) is 14.4. The molecule has 0 saturated heterocycles. The molecule has 3 N–H and O–H groups in total. The molecule has 0 aromatic carbocycles. The summed E-state index contributed by atoms with van der Waals surface area (Å²) in [6.45, 7) is 4.20. The normalized spacial score (nSPS) is 13.6. The van der Waals surface area contributed by atoms with Crippen molar-refractivity contribution in [3.63, 3.8) is 0 Å². The summed E-state index contributed by atoms with van der Waals surface area (Å²) in [6.07, 6.45) is 101. The van der Waals surface area contributed by atoms with Crippen LogP contribution in [0.2, 0.25) is 0 Å². The Kier molecular flexibility index (Phi) is 63.3. The highest BCUT2D eigenvalue weighted by Gasteiger charge is 2.18. The van der Waals surface area contributed by atoms with Crippen LogP contribution in [0.1, 0.15) is 309 Å². The van der Waals surface area contributed by atoms with E-state index in [1.54, 1.807) is 6.08 Å². The van der Waals surface area contributed by atoms with Gasteiger partial charge in [0.05, 0.1) is 18.8 Å². The Hall–Kier alpha value is -3.21. The molecule has 0 bridgehead atoms. The van der Waals surface area contributed by atoms with E-state index in [2.05, 4.69) is 129 Å². The van der Waals surface area contributed by atoms with Crippen LogP contribution >= 0.6 is 0 Å². The average molecular weight is 1050 g/mol. The summed E-state index contributed by atoms with van der Waals surface area (Å²) in [5.41, 5.74) is 0. The molecule has 2 unspecified atom stereocenters. The van der Waals surface area contributed by atoms with Crippen LogP contribution in [0.3, 0.4) is 0 Å². The van der Waals surface area contributed by atoms with Gasteiger partial charge in [-0.25, -0.2) is 0 Å². The fourth-order valence-electron chi connectivity index (χ4n) is 9.49. The van der Waals surface area contributed by atoms with E-state index < -0.39 is 12.1 Å². The molecule has 0 spiro atoms. The molecule has 76 heavy (non-hydrogen) atoms. The van der Waals surface area contributed by atoms with E-state index >= 15 is 0 Å². The molecule has 0 radical (unpaired) electrons. The fourth-order valence-corrected chi connectivity index (χ4v) is 9.49. The third-order valence-electron chi connectivity index (χ3n) is 14.4. The summed E-state index contributed by atoms with van der Waals surface area (Å²) in [5.74, 6) is -0.0794. The zero-order chi connectivity index (χ0) is 54.8. The Morgan fingerprint density at radius 2 is 0.592 bits per heavy atom. The lowest BCUT2D eigenvalue weighted by atomic mass is 10.0. The molecule has 0 aromatic heterocycles. The molecule has 436 valence electrons. The quantitative estimate of drug-likeness (QED) is 0.0420. The number of allylic oxidation sites excluding steroid dienone is 19. The Morgan fingerprint density at radius 3 is 0.921 bits per heavy atom. The van der Waals surface area contributed by atoms with Crippen molar-refractivity contribution in [1.29, 1.82) is 0 Å². The molecule has 0 saturated carbocycles. The van der Waals surface area contributed by atoms with Gasteiger partial charge in [0.25, 0.3) is 0 Å². The zero-order valence-corrected chi connectivity index (χ0v) is 50.2. The molecule has 0 aliphatic rings. The van der Waals surface area contributed by atoms with E-state index in [0.717, 1.165) is 83.5 Å². The van der Waals surface area contributed by atoms with Gasteiger partial charge in [0.15, 0.2) is 0 Å². The van der Waals surface area contributed by atoms with E-state index in [1.807, 2.05) is 6.08 Å². The first-order valence-corrected chi connectivity index (χ1v) is 32.7. The van der Waals surface area contributed by atoms with Gasteiger partial charge in [-0.15, -0.1) is 0 Å². The van der Waals surface area contributed by atoms with Gasteiger partial charge in [0, 0.05) is 6.42 Å². The number of hydrogen-bond acceptors (Lipinski definition) is 3. The van der Waals surface area contributed by atoms with E-state index in [4.69, 9.17) is 0 Å². The molecule has 1 amide bonds. The number of unbranched alkanes of at least 4 members (excludes halogenated alkanes) is 34. The Bertz CT molecular complexity index is 1470. The van der Waals surface area contributed by atoms with E-state index in [0.29, 0.717) is 6.42 Å². The van der Waals surface area contributed by atoms with Crippen LogP contribution in [0.4, 0.5) is 0 Å². The number of nitrogens with one attached hydrogen (secondary N) is 1. The van der Waals surface area contributed by atoms with Crippen molar-refractivity contribution < 1.29 is 15.0 Å². The summed E-state index contributed by atoms with van der Waals surface area (Å²) >= 11 is 0. The summed E-state index contributed by atoms with van der Waals surface area (Å²) < 4.78 is 0. The minimum absolute atomic E-state index is 0.0794. The lowest BCUT2D eigenvalue weighted by Crippen LogP contribution is -2.45. The number of rotatable bonds is 59. The molecule has 0 rings (SSSR count). The van der Waals surface area contributed by atoms with Crippen LogP contribution in [-0.4, -0.2) is 34.9 Å². The second-order valence-electron chi connectivity index (χ2n) is 21.8. The molecular formula is C72H125NO3. The molecule has 2 atom stereocenters. The maximum atomic E-state index is 12.5. The van der Waals surface area contributed by atoms with Crippen LogP contribution in [0.25, 0.3) is 0 Å². The number of carbonyl (C=O) groups is 1. The molecule has 0 aromatic rings. The lowest BCUT2D eigenvalue weighted by molar-refractivity contribution is -0.123. The fraction of sp³-hybridized carbons (Fsp3) is 0.708. The van der Waals surface area contributed by atoms with Gasteiger partial charge in [0.1, 0.15) is 0 Å². The predicted octanol–water partition coefficient (Wildman–Crippen LogP) is 22.4. The van der Waals surface area contributed by atoms with Gasteiger partial charge in [0.2, 0.25) is 5.91 Å². The first kappa shape index (κ1) is 72.8. The highest BCUT2D eigenvalue weighted by atomic mass is 16.3. The topological polar surface area (TPSA) is 69.6 Å². The van der Waals surface area contributed by atoms with Crippen molar-refractivity contribution in [3.8, 4) is 0 Å². The molecule has 4 heteroatoms. The van der Waals surface area contributed by atoms with Crippen molar-refractivity contribution in [2.45, 2.75) is 321 Å². The monoisotopic (exact) mass is 1050 g/mol. The second-order valence-corrected chi connectivity index (χ2v) is 21.8. The van der Waals surface area contributed by atoms with Crippen molar-refractivity contribution in [2.24, 2.45) is 0 Å². The van der Waals surface area contributed by atoms with Gasteiger partial charge in [-0.1, -0.05) is 322 Å². The number of aliphatic hydroxyl groups is 2. The van der Waals surface area contributed by atoms with Crippen molar-refractivity contribution in [1.82, 2.24) is 5.32 Å². The largest absolute Gasteiger partial charge is 0.394 e. The highest BCUT2D eigenvalue weighted by molar-refractivity contribution is 5.76. The maximum absolute atomic E-state index is 12.5. The summed E-state index contributed by atoms with van der Waals surface area (Å²) in [7, 11) is 0. The number of amides is 1. The standard InChI is InChI=1S/C72H125NO3/c1-3-5-7-9-11-13-15-17-19-21-23-25-27-29-31-32-33-34-35-36-37-38-39-40-42-44-46-48-50-52-54-56-58-60-62-64-66-68-72(76)73-70(69-74)71(75)67-65-63-61-59-57-55-53-51-49-47-45-43-41-30-28-26-24-22-20-18-16-14-12-10-8-6-4-2/h5,7,11,13,17,19,23,25,29,31,33-34,36-37,49,51,57,59,65,67,70-71,74-75H,3-4,6,8-10,12,14-16,18,20-22,24,26-28,30,32,35,38-48,50,52-56,58,60-64,66,68-69H2,1-2H3,(H,73,76)/b7-5-,13-11-,19-17-,25-23-,31-29-,34-33-,37-36-,51-49+,59-57+,67-65+. The van der Waals surface area contributed by atoms with Gasteiger partial charge in [-0.3, -0.25) is 4.79 Å². The van der Waals surface area contributed by atoms with Gasteiger partial charge in [-0.2, -0.15) is 0 Å². The van der Waals surface area contributed by atoms with Crippen LogP contribution in [0.5, 0.6) is 0 Å². The minimum Gasteiger partial charge on any atom is -0.394 e. The van der Waals surface area contributed by atoms with E-state index in [1.165, 1.54) is 205 Å².